The minimum absolute atomic E-state index is 0.0228. The van der Waals surface area contributed by atoms with Crippen molar-refractivity contribution in [3.05, 3.63) is 23.8 Å². The summed E-state index contributed by atoms with van der Waals surface area (Å²) in [4.78, 5) is 15.6. The lowest BCUT2D eigenvalue weighted by molar-refractivity contribution is -0.652. The molecule has 0 saturated carbocycles. The zero-order valence-corrected chi connectivity index (χ0v) is 16.9. The summed E-state index contributed by atoms with van der Waals surface area (Å²) in [5, 5.41) is 5.60. The van der Waals surface area contributed by atoms with E-state index in [2.05, 4.69) is 17.0 Å². The lowest BCUT2D eigenvalue weighted by atomic mass is 10.0. The van der Waals surface area contributed by atoms with Gasteiger partial charge in [-0.2, -0.15) is 0 Å². The number of hydrogen-bond acceptors (Lipinski definition) is 6. The van der Waals surface area contributed by atoms with E-state index in [1.807, 2.05) is 29.8 Å². The molecule has 28 heavy (non-hydrogen) atoms. The summed E-state index contributed by atoms with van der Waals surface area (Å²) in [5.74, 6) is 1.46. The molecule has 2 aromatic rings. The van der Waals surface area contributed by atoms with Crippen molar-refractivity contribution >= 4 is 28.2 Å². The zero-order chi connectivity index (χ0) is 20.1. The molecule has 1 aromatic carbocycles. The van der Waals surface area contributed by atoms with E-state index in [-0.39, 0.29) is 11.8 Å². The van der Waals surface area contributed by atoms with E-state index < -0.39 is 0 Å². The van der Waals surface area contributed by atoms with Gasteiger partial charge in [-0.1, -0.05) is 10.8 Å². The van der Waals surface area contributed by atoms with E-state index in [4.69, 9.17) is 15.2 Å². The highest BCUT2D eigenvalue weighted by molar-refractivity contribution is 5.95. The van der Waals surface area contributed by atoms with Crippen LogP contribution in [0.2, 0.25) is 0 Å². The number of anilines is 1. The van der Waals surface area contributed by atoms with Crippen molar-refractivity contribution in [2.45, 2.75) is 52.5 Å². The van der Waals surface area contributed by atoms with Crippen LogP contribution in [-0.4, -0.2) is 35.4 Å². The third kappa shape index (κ3) is 4.30. The minimum Gasteiger partial charge on any atom is -0.493 e. The van der Waals surface area contributed by atoms with Gasteiger partial charge in [0.2, 0.25) is 6.04 Å². The van der Waals surface area contributed by atoms with Gasteiger partial charge in [0.15, 0.2) is 11.5 Å². The Morgan fingerprint density at radius 1 is 1.29 bits per heavy atom. The molecule has 3 rings (SSSR count). The van der Waals surface area contributed by atoms with Crippen molar-refractivity contribution in [2.24, 2.45) is 5.11 Å². The number of fused-ring (bicyclic) bond motifs is 3. The summed E-state index contributed by atoms with van der Waals surface area (Å²) >= 11 is 0. The number of nitrogens with two attached hydrogens (primary N) is 1. The van der Waals surface area contributed by atoms with Gasteiger partial charge in [0.05, 0.1) is 29.7 Å². The maximum Gasteiger partial charge on any atom is 0.273 e. The van der Waals surface area contributed by atoms with E-state index in [0.29, 0.717) is 37.9 Å². The molecule has 0 amide bonds. The molecular weight excluding hydrogens is 356 g/mol. The smallest absolute Gasteiger partial charge is 0.273 e. The average Bonchev–Trinajstić information content (AvgIpc) is 3.00. The highest BCUT2D eigenvalue weighted by Crippen LogP contribution is 2.45. The first-order chi connectivity index (χ1) is 13.5. The first kappa shape index (κ1) is 20.2. The van der Waals surface area contributed by atoms with Crippen LogP contribution < -0.4 is 10.5 Å². The zero-order valence-electron chi connectivity index (χ0n) is 16.9. The maximum absolute atomic E-state index is 11.0. The number of aromatic nitrogens is 1. The normalized spacial score (nSPS) is 15.5. The second-order valence-corrected chi connectivity index (χ2v) is 7.11. The molecule has 2 heterocycles. The van der Waals surface area contributed by atoms with Crippen LogP contribution in [0.3, 0.4) is 0 Å². The number of carbonyl (C=O) groups excluding carboxylic acids is 1. The molecule has 7 nitrogen and oxygen atoms in total. The molecule has 1 aliphatic heterocycles. The first-order valence-electron chi connectivity index (χ1n) is 9.93. The van der Waals surface area contributed by atoms with Crippen LogP contribution in [0.25, 0.3) is 10.9 Å². The molecule has 0 radical (unpaired) electrons. The number of azo groups is 2. The van der Waals surface area contributed by atoms with Gasteiger partial charge in [-0.3, -0.25) is 0 Å². The molecule has 1 unspecified atom stereocenters. The number of unbranched alkanes of at least 4 members (excludes halogenated alkanes) is 2. The van der Waals surface area contributed by atoms with Crippen LogP contribution in [0.15, 0.2) is 23.3 Å². The molecule has 0 saturated heterocycles. The van der Waals surface area contributed by atoms with Gasteiger partial charge in [-0.05, 0) is 45.2 Å². The monoisotopic (exact) mass is 385 g/mol. The molecule has 150 valence electrons. The summed E-state index contributed by atoms with van der Waals surface area (Å²) in [7, 11) is 0. The van der Waals surface area contributed by atoms with Gasteiger partial charge < -0.3 is 20.0 Å². The number of nitrogen functional groups attached to an aromatic ring is 1. The highest BCUT2D eigenvalue weighted by Gasteiger charge is 2.36. The van der Waals surface area contributed by atoms with E-state index in [0.717, 1.165) is 41.5 Å². The average molecular weight is 385 g/mol. The van der Waals surface area contributed by atoms with Crippen molar-refractivity contribution in [1.29, 1.82) is 0 Å². The summed E-state index contributed by atoms with van der Waals surface area (Å²) in [5.41, 5.74) is 8.73. The SMILES string of the molecule is CCOC[N+]1=Nc2c(N)nc3cccc(OCCCCCC(C)=O)c3c2C1C. The summed E-state index contributed by atoms with van der Waals surface area (Å²) in [6.45, 7) is 7.32. The van der Waals surface area contributed by atoms with Crippen molar-refractivity contribution < 1.29 is 19.0 Å². The van der Waals surface area contributed by atoms with Crippen molar-refractivity contribution in [3.63, 3.8) is 0 Å². The van der Waals surface area contributed by atoms with Crippen LogP contribution in [0.1, 0.15) is 58.1 Å². The summed E-state index contributed by atoms with van der Waals surface area (Å²) in [6.07, 6.45) is 3.43. The number of carbonyl (C=O) groups is 1. The van der Waals surface area contributed by atoms with Gasteiger partial charge >= 0.3 is 0 Å². The van der Waals surface area contributed by atoms with Crippen molar-refractivity contribution in [1.82, 2.24) is 4.98 Å². The number of nitrogens with zero attached hydrogens (tertiary/aromatic N) is 3. The van der Waals surface area contributed by atoms with Gasteiger partial charge in [0.25, 0.3) is 6.73 Å². The Morgan fingerprint density at radius 2 is 2.11 bits per heavy atom. The number of rotatable bonds is 10. The first-order valence-corrected chi connectivity index (χ1v) is 9.93. The van der Waals surface area contributed by atoms with Crippen LogP contribution in [0.5, 0.6) is 5.75 Å². The molecule has 0 aliphatic carbocycles. The van der Waals surface area contributed by atoms with E-state index in [9.17, 15) is 4.79 Å². The summed E-state index contributed by atoms with van der Waals surface area (Å²) in [6, 6.07) is 5.87. The minimum atomic E-state index is 0.0228. The number of ether oxygens (including phenoxy) is 2. The Balaban J connectivity index is 1.81. The molecule has 0 bridgehead atoms. The second kappa shape index (κ2) is 9.10. The van der Waals surface area contributed by atoms with Crippen LogP contribution in [0, 0.1) is 0 Å². The molecule has 1 atom stereocenters. The molecule has 7 heteroatoms. The van der Waals surface area contributed by atoms with Gasteiger partial charge in [0.1, 0.15) is 11.5 Å². The summed E-state index contributed by atoms with van der Waals surface area (Å²) < 4.78 is 13.5. The van der Waals surface area contributed by atoms with Gasteiger partial charge in [-0.15, -0.1) is 0 Å². The quantitative estimate of drug-likeness (QED) is 0.480. The third-order valence-corrected chi connectivity index (χ3v) is 4.96. The van der Waals surface area contributed by atoms with Crippen molar-refractivity contribution in [2.75, 3.05) is 25.7 Å². The number of ketones is 1. The molecule has 0 fully saturated rings. The fourth-order valence-corrected chi connectivity index (χ4v) is 3.48. The third-order valence-electron chi connectivity index (χ3n) is 4.96. The Hall–Kier alpha value is -2.54. The Bertz CT molecular complexity index is 895. The highest BCUT2D eigenvalue weighted by atomic mass is 16.5. The van der Waals surface area contributed by atoms with E-state index >= 15 is 0 Å². The molecule has 1 aliphatic rings. The van der Waals surface area contributed by atoms with E-state index in [1.165, 1.54) is 0 Å². The van der Waals surface area contributed by atoms with Crippen LogP contribution >= 0.6 is 0 Å². The standard InChI is InChI=1S/C21H28N4O3/c1-4-27-13-25-15(3)18-19-16(23-21(22)20(18)24-25)10-8-11-17(19)28-12-7-5-6-9-14(2)26/h8,10-11,15,22H,4-7,9,12-13H2,1-3H3/p+1. The Morgan fingerprint density at radius 3 is 2.86 bits per heavy atom. The molecule has 2 N–H and O–H groups in total. The Kier molecular flexibility index (Phi) is 6.57. The predicted octanol–water partition coefficient (Wildman–Crippen LogP) is 4.51. The molecule has 0 spiro atoms. The van der Waals surface area contributed by atoms with E-state index in [1.54, 1.807) is 6.92 Å². The topological polar surface area (TPSA) is 89.8 Å². The lowest BCUT2D eigenvalue weighted by Crippen LogP contribution is -2.15. The number of benzene rings is 1. The number of pyridine rings is 1. The van der Waals surface area contributed by atoms with Crippen LogP contribution in [-0.2, 0) is 9.53 Å². The Labute approximate surface area is 165 Å². The lowest BCUT2D eigenvalue weighted by Gasteiger charge is -2.13. The molecule has 1 aromatic heterocycles. The molecular formula is C21H29N4O3+. The van der Waals surface area contributed by atoms with Crippen LogP contribution in [0.4, 0.5) is 11.5 Å². The number of Topliss-reactive ketones (excluding diaryl/α,β-unsaturated/α-hetero) is 1. The second-order valence-electron chi connectivity index (χ2n) is 7.11. The van der Waals surface area contributed by atoms with Crippen molar-refractivity contribution in [3.8, 4) is 5.75 Å². The fourth-order valence-electron chi connectivity index (χ4n) is 3.48. The number of hydrogen-bond donors (Lipinski definition) is 1. The van der Waals surface area contributed by atoms with Gasteiger partial charge in [-0.25, -0.2) is 4.98 Å². The predicted molar refractivity (Wildman–Crippen MR) is 108 cm³/mol. The fraction of sp³-hybridized carbons (Fsp3) is 0.524. The van der Waals surface area contributed by atoms with Gasteiger partial charge in [0, 0.05) is 18.5 Å². The largest absolute Gasteiger partial charge is 0.493 e. The maximum atomic E-state index is 11.0.